The molecule has 0 atom stereocenters. The van der Waals surface area contributed by atoms with Crippen LogP contribution >= 0.6 is 15.9 Å². The second-order valence-corrected chi connectivity index (χ2v) is 6.66. The Kier molecular flexibility index (Phi) is 3.90. The molecule has 7 heteroatoms. The highest BCUT2D eigenvalue weighted by molar-refractivity contribution is 9.10. The van der Waals surface area contributed by atoms with Crippen molar-refractivity contribution in [2.75, 3.05) is 17.6 Å². The van der Waals surface area contributed by atoms with Crippen LogP contribution in [-0.2, 0) is 10.0 Å². The van der Waals surface area contributed by atoms with Gasteiger partial charge in [-0.2, -0.15) is 0 Å². The molecule has 0 bridgehead atoms. The number of aromatic nitrogens is 2. The molecule has 0 saturated carbocycles. The Labute approximate surface area is 104 Å². The van der Waals surface area contributed by atoms with Gasteiger partial charge in [-0.15, -0.1) is 0 Å². The molecule has 5 nitrogen and oxygen atoms in total. The molecule has 0 N–H and O–H groups in total. The Balaban J connectivity index is 3.23. The number of hydrogen-bond donors (Lipinski definition) is 0. The Hall–Kier alpha value is -0.690. The molecule has 1 rings (SSSR count). The zero-order valence-corrected chi connectivity index (χ0v) is 12.0. The van der Waals surface area contributed by atoms with Crippen molar-refractivity contribution < 1.29 is 8.42 Å². The third-order valence-corrected chi connectivity index (χ3v) is 3.85. The maximum absolute atomic E-state index is 11.3. The van der Waals surface area contributed by atoms with Crippen molar-refractivity contribution >= 4 is 31.9 Å². The first-order chi connectivity index (χ1) is 7.23. The van der Waals surface area contributed by atoms with E-state index in [1.807, 2.05) is 13.8 Å². The van der Waals surface area contributed by atoms with Crippen LogP contribution in [0.15, 0.2) is 10.7 Å². The van der Waals surface area contributed by atoms with E-state index >= 15 is 0 Å². The minimum absolute atomic E-state index is 0.189. The first kappa shape index (κ1) is 13.4. The fraction of sp³-hybridized carbons (Fsp3) is 0.556. The van der Waals surface area contributed by atoms with Crippen LogP contribution in [0, 0.1) is 0 Å². The normalized spacial score (nSPS) is 11.9. The lowest BCUT2D eigenvalue weighted by Crippen LogP contribution is -2.27. The molecule has 0 aliphatic heterocycles. The molecule has 0 unspecified atom stereocenters. The van der Waals surface area contributed by atoms with Gasteiger partial charge in [-0.05, 0) is 21.8 Å². The van der Waals surface area contributed by atoms with E-state index in [0.717, 1.165) is 20.7 Å². The molecule has 16 heavy (non-hydrogen) atoms. The molecule has 1 aromatic rings. The molecular weight excluding hydrogens is 294 g/mol. The maximum atomic E-state index is 11.3. The van der Waals surface area contributed by atoms with Crippen molar-refractivity contribution in [3.05, 3.63) is 16.4 Å². The van der Waals surface area contributed by atoms with Gasteiger partial charge in [-0.1, -0.05) is 13.8 Å². The van der Waals surface area contributed by atoms with Crippen molar-refractivity contribution in [1.82, 2.24) is 9.97 Å². The highest BCUT2D eigenvalue weighted by Crippen LogP contribution is 2.23. The molecule has 1 aromatic heterocycles. The third-order valence-electron chi connectivity index (χ3n) is 2.08. The van der Waals surface area contributed by atoms with Crippen LogP contribution in [0.4, 0.5) is 5.95 Å². The zero-order chi connectivity index (χ0) is 12.5. The van der Waals surface area contributed by atoms with E-state index in [-0.39, 0.29) is 11.9 Å². The lowest BCUT2D eigenvalue weighted by molar-refractivity contribution is 0.599. The summed E-state index contributed by atoms with van der Waals surface area (Å²) >= 11 is 3.34. The third kappa shape index (κ3) is 2.91. The molecule has 0 fully saturated rings. The van der Waals surface area contributed by atoms with Gasteiger partial charge in [-0.25, -0.2) is 22.7 Å². The number of halogens is 1. The topological polar surface area (TPSA) is 63.2 Å². The summed E-state index contributed by atoms with van der Waals surface area (Å²) in [6, 6.07) is 0. The molecule has 1 heterocycles. The lowest BCUT2D eigenvalue weighted by atomic mass is 10.1. The van der Waals surface area contributed by atoms with E-state index in [1.54, 1.807) is 6.20 Å². The fourth-order valence-electron chi connectivity index (χ4n) is 1.08. The van der Waals surface area contributed by atoms with Crippen molar-refractivity contribution in [2.24, 2.45) is 0 Å². The second kappa shape index (κ2) is 4.67. The van der Waals surface area contributed by atoms with Gasteiger partial charge < -0.3 is 0 Å². The minimum atomic E-state index is -3.32. The largest absolute Gasteiger partial charge is 0.241 e. The second-order valence-electron chi connectivity index (χ2n) is 3.79. The van der Waals surface area contributed by atoms with Crippen molar-refractivity contribution in [3.8, 4) is 0 Å². The van der Waals surface area contributed by atoms with Crippen molar-refractivity contribution in [2.45, 2.75) is 19.8 Å². The van der Waals surface area contributed by atoms with E-state index in [9.17, 15) is 8.42 Å². The average Bonchev–Trinajstić information content (AvgIpc) is 2.15. The van der Waals surface area contributed by atoms with Gasteiger partial charge in [0, 0.05) is 13.2 Å². The van der Waals surface area contributed by atoms with Crippen molar-refractivity contribution in [3.63, 3.8) is 0 Å². The summed E-state index contributed by atoms with van der Waals surface area (Å²) in [6.45, 7) is 3.97. The molecule has 90 valence electrons. The van der Waals surface area contributed by atoms with Crippen LogP contribution in [0.25, 0.3) is 0 Å². The van der Waals surface area contributed by atoms with Gasteiger partial charge in [0.15, 0.2) is 0 Å². The Morgan fingerprint density at radius 1 is 1.44 bits per heavy atom. The molecule has 0 saturated heterocycles. The van der Waals surface area contributed by atoms with E-state index in [4.69, 9.17) is 0 Å². The van der Waals surface area contributed by atoms with Gasteiger partial charge in [0.1, 0.15) is 0 Å². The molecule has 0 aliphatic rings. The summed E-state index contributed by atoms with van der Waals surface area (Å²) in [5, 5.41) is 0. The highest BCUT2D eigenvalue weighted by atomic mass is 79.9. The lowest BCUT2D eigenvalue weighted by Gasteiger charge is -2.16. The van der Waals surface area contributed by atoms with Gasteiger partial charge in [0.25, 0.3) is 0 Å². The summed E-state index contributed by atoms with van der Waals surface area (Å²) in [6.07, 6.45) is 2.69. The van der Waals surface area contributed by atoms with Crippen LogP contribution in [0.1, 0.15) is 25.5 Å². The SMILES string of the molecule is CC(C)c1nc(N(C)S(C)(=O)=O)ncc1Br. The fourth-order valence-corrected chi connectivity index (χ4v) is 2.11. The number of rotatable bonds is 3. The Morgan fingerprint density at radius 2 is 2.00 bits per heavy atom. The summed E-state index contributed by atoms with van der Waals surface area (Å²) in [5.41, 5.74) is 0.792. The maximum Gasteiger partial charge on any atom is 0.239 e. The van der Waals surface area contributed by atoms with E-state index in [2.05, 4.69) is 25.9 Å². The number of hydrogen-bond acceptors (Lipinski definition) is 4. The minimum Gasteiger partial charge on any atom is -0.241 e. The number of anilines is 1. The molecule has 0 radical (unpaired) electrons. The first-order valence-electron chi connectivity index (χ1n) is 4.70. The van der Waals surface area contributed by atoms with Gasteiger partial charge in [0.2, 0.25) is 16.0 Å². The van der Waals surface area contributed by atoms with E-state index < -0.39 is 10.0 Å². The van der Waals surface area contributed by atoms with E-state index in [0.29, 0.717) is 0 Å². The standard InChI is InChI=1S/C9H14BrN3O2S/c1-6(2)8-7(10)5-11-9(12-8)13(3)16(4,14)15/h5-6H,1-4H3. The smallest absolute Gasteiger partial charge is 0.239 e. The molecule has 0 aromatic carbocycles. The Bertz CT molecular complexity index is 488. The zero-order valence-electron chi connectivity index (χ0n) is 9.60. The number of sulfonamides is 1. The number of nitrogens with zero attached hydrogens (tertiary/aromatic N) is 3. The molecular formula is C9H14BrN3O2S. The average molecular weight is 308 g/mol. The first-order valence-corrected chi connectivity index (χ1v) is 7.34. The predicted octanol–water partition coefficient (Wildman–Crippen LogP) is 1.76. The van der Waals surface area contributed by atoms with Crippen molar-refractivity contribution in [1.29, 1.82) is 0 Å². The Morgan fingerprint density at radius 3 is 2.44 bits per heavy atom. The van der Waals surface area contributed by atoms with Crippen LogP contribution in [0.5, 0.6) is 0 Å². The van der Waals surface area contributed by atoms with Gasteiger partial charge in [0.05, 0.1) is 16.4 Å². The van der Waals surface area contributed by atoms with Crippen LogP contribution in [-0.4, -0.2) is 31.7 Å². The summed E-state index contributed by atoms with van der Waals surface area (Å²) < 4.78 is 24.5. The summed E-state index contributed by atoms with van der Waals surface area (Å²) in [4.78, 5) is 8.20. The predicted molar refractivity (Wildman–Crippen MR) is 67.1 cm³/mol. The van der Waals surface area contributed by atoms with Crippen LogP contribution in [0.3, 0.4) is 0 Å². The molecule has 0 spiro atoms. The summed E-state index contributed by atoms with van der Waals surface area (Å²) in [5.74, 6) is 0.387. The monoisotopic (exact) mass is 307 g/mol. The summed E-state index contributed by atoms with van der Waals surface area (Å²) in [7, 11) is -1.88. The van der Waals surface area contributed by atoms with Crippen LogP contribution < -0.4 is 4.31 Å². The van der Waals surface area contributed by atoms with Crippen LogP contribution in [0.2, 0.25) is 0 Å². The van der Waals surface area contributed by atoms with Gasteiger partial charge in [-0.3, -0.25) is 0 Å². The van der Waals surface area contributed by atoms with E-state index in [1.165, 1.54) is 7.05 Å². The quantitative estimate of drug-likeness (QED) is 0.853. The molecule has 0 aliphatic carbocycles. The van der Waals surface area contributed by atoms with Gasteiger partial charge >= 0.3 is 0 Å². The highest BCUT2D eigenvalue weighted by Gasteiger charge is 2.17. The molecule has 0 amide bonds.